The summed E-state index contributed by atoms with van der Waals surface area (Å²) in [7, 11) is 0. The summed E-state index contributed by atoms with van der Waals surface area (Å²) < 4.78 is 4.85. The maximum absolute atomic E-state index is 11.8. The van der Waals surface area contributed by atoms with Gasteiger partial charge >= 0.3 is 0 Å². The Labute approximate surface area is 114 Å². The molecule has 0 radical (unpaired) electrons. The third-order valence-electron chi connectivity index (χ3n) is 2.45. The number of aliphatic hydroxyl groups is 1. The number of carbonyl (C=O) groups is 2. The molecule has 98 valence electrons. The number of carbonyl (C=O) groups excluding carboxylic acids is 2. The van der Waals surface area contributed by atoms with Crippen LogP contribution in [-0.2, 0) is 14.3 Å². The van der Waals surface area contributed by atoms with E-state index in [1.165, 1.54) is 6.07 Å². The van der Waals surface area contributed by atoms with Crippen LogP contribution in [0.25, 0.3) is 0 Å². The highest BCUT2D eigenvalue weighted by molar-refractivity contribution is 6.31. The first kappa shape index (κ1) is 13.6. The van der Waals surface area contributed by atoms with Crippen LogP contribution in [-0.4, -0.2) is 36.7 Å². The predicted octanol–water partition coefficient (Wildman–Crippen LogP) is 0.574. The van der Waals surface area contributed by atoms with Crippen molar-refractivity contribution < 1.29 is 19.4 Å². The molecule has 0 bridgehead atoms. The molecule has 1 aromatic carbocycles. The topological polar surface area (TPSA) is 66.8 Å². The molecule has 2 amide bonds. The van der Waals surface area contributed by atoms with Crippen LogP contribution in [0.4, 0.5) is 5.69 Å². The fourth-order valence-electron chi connectivity index (χ4n) is 1.69. The van der Waals surface area contributed by atoms with E-state index < -0.39 is 11.8 Å². The van der Waals surface area contributed by atoms with Crippen LogP contribution in [0.1, 0.15) is 5.56 Å². The maximum atomic E-state index is 11.8. The average Bonchev–Trinajstić information content (AvgIpc) is 2.37. The maximum Gasteiger partial charge on any atom is 0.259 e. The normalized spacial score (nSPS) is 15.2. The molecule has 0 spiro atoms. The van der Waals surface area contributed by atoms with Crippen LogP contribution in [0.2, 0.25) is 5.02 Å². The van der Waals surface area contributed by atoms with Gasteiger partial charge in [0.15, 0.2) is 0 Å². The third kappa shape index (κ3) is 2.93. The first-order valence-electron chi connectivity index (χ1n) is 5.46. The summed E-state index contributed by atoms with van der Waals surface area (Å²) in [5.41, 5.74) is 0.758. The van der Waals surface area contributed by atoms with Gasteiger partial charge in [0.25, 0.3) is 11.8 Å². The van der Waals surface area contributed by atoms with Crippen molar-refractivity contribution in [2.75, 3.05) is 24.7 Å². The number of amides is 2. The Morgan fingerprint density at radius 3 is 2.63 bits per heavy atom. The number of morpholine rings is 1. The lowest BCUT2D eigenvalue weighted by atomic mass is 10.1. The number of anilines is 1. The first-order chi connectivity index (χ1) is 9.13. The summed E-state index contributed by atoms with van der Waals surface area (Å²) >= 11 is 5.89. The molecule has 0 atom stereocenters. The fraction of sp³-hybridized carbons (Fsp3) is 0.231. The van der Waals surface area contributed by atoms with E-state index in [1.807, 2.05) is 0 Å². The molecular formula is C13H10ClNO4. The lowest BCUT2D eigenvalue weighted by Crippen LogP contribution is -2.46. The average molecular weight is 280 g/mol. The van der Waals surface area contributed by atoms with E-state index in [1.54, 1.807) is 12.1 Å². The number of halogens is 1. The van der Waals surface area contributed by atoms with Crippen molar-refractivity contribution in [2.45, 2.75) is 0 Å². The minimum Gasteiger partial charge on any atom is -0.384 e. The van der Waals surface area contributed by atoms with Crippen molar-refractivity contribution in [2.24, 2.45) is 0 Å². The molecule has 1 fully saturated rings. The summed E-state index contributed by atoms with van der Waals surface area (Å²) in [5, 5.41) is 9.11. The molecule has 1 aromatic rings. The molecule has 1 aliphatic heterocycles. The van der Waals surface area contributed by atoms with Gasteiger partial charge in [-0.1, -0.05) is 23.4 Å². The SMILES string of the molecule is O=C1COCC(=O)N1c1cc(Cl)ccc1C#CCO. The van der Waals surface area contributed by atoms with Crippen LogP contribution >= 0.6 is 11.6 Å². The summed E-state index contributed by atoms with van der Waals surface area (Å²) in [6.45, 7) is -0.636. The number of benzene rings is 1. The van der Waals surface area contributed by atoms with Gasteiger partial charge in [-0.05, 0) is 18.2 Å². The van der Waals surface area contributed by atoms with Crippen molar-refractivity contribution in [1.29, 1.82) is 0 Å². The van der Waals surface area contributed by atoms with E-state index in [0.29, 0.717) is 16.3 Å². The Bertz CT molecular complexity index is 572. The minimum atomic E-state index is -0.467. The molecule has 1 saturated heterocycles. The zero-order valence-electron chi connectivity index (χ0n) is 9.85. The van der Waals surface area contributed by atoms with Crippen LogP contribution < -0.4 is 4.90 Å². The monoisotopic (exact) mass is 279 g/mol. The Kier molecular flexibility index (Phi) is 4.17. The Hall–Kier alpha value is -1.87. The van der Waals surface area contributed by atoms with E-state index in [4.69, 9.17) is 21.4 Å². The smallest absolute Gasteiger partial charge is 0.259 e. The molecule has 2 rings (SSSR count). The van der Waals surface area contributed by atoms with Gasteiger partial charge in [0, 0.05) is 10.6 Å². The first-order valence-corrected chi connectivity index (χ1v) is 5.84. The zero-order valence-corrected chi connectivity index (χ0v) is 10.6. The second-order valence-electron chi connectivity index (χ2n) is 3.74. The number of hydrogen-bond donors (Lipinski definition) is 1. The summed E-state index contributed by atoms with van der Waals surface area (Å²) in [4.78, 5) is 24.6. The third-order valence-corrected chi connectivity index (χ3v) is 2.69. The Balaban J connectivity index is 2.49. The standard InChI is InChI=1S/C13H10ClNO4/c14-10-4-3-9(2-1-5-16)11(6-10)15-12(17)7-19-8-13(15)18/h3-4,6,16H,5,7-8H2. The number of rotatable bonds is 1. The van der Waals surface area contributed by atoms with Crippen molar-refractivity contribution in [3.05, 3.63) is 28.8 Å². The number of nitrogens with zero attached hydrogens (tertiary/aromatic N) is 1. The van der Waals surface area contributed by atoms with E-state index in [-0.39, 0.29) is 19.8 Å². The van der Waals surface area contributed by atoms with Crippen molar-refractivity contribution in [1.82, 2.24) is 0 Å². The summed E-state index contributed by atoms with van der Waals surface area (Å²) in [6.07, 6.45) is 0. The largest absolute Gasteiger partial charge is 0.384 e. The highest BCUT2D eigenvalue weighted by Crippen LogP contribution is 2.26. The van der Waals surface area contributed by atoms with Gasteiger partial charge in [-0.3, -0.25) is 9.59 Å². The molecule has 1 aliphatic rings. The number of ether oxygens (including phenoxy) is 1. The van der Waals surface area contributed by atoms with E-state index in [9.17, 15) is 9.59 Å². The van der Waals surface area contributed by atoms with Gasteiger partial charge < -0.3 is 9.84 Å². The molecule has 19 heavy (non-hydrogen) atoms. The minimum absolute atomic E-state index is 0.162. The Morgan fingerprint density at radius 1 is 1.32 bits per heavy atom. The van der Waals surface area contributed by atoms with Crippen LogP contribution in [0.15, 0.2) is 18.2 Å². The molecule has 1 N–H and O–H groups in total. The summed E-state index contributed by atoms with van der Waals surface area (Å²) in [5.74, 6) is 4.22. The molecule has 0 unspecified atom stereocenters. The highest BCUT2D eigenvalue weighted by atomic mass is 35.5. The van der Waals surface area contributed by atoms with Crippen LogP contribution in [0.3, 0.4) is 0 Å². The second kappa shape index (κ2) is 5.85. The number of hydrogen-bond acceptors (Lipinski definition) is 4. The van der Waals surface area contributed by atoms with Crippen LogP contribution in [0.5, 0.6) is 0 Å². The van der Waals surface area contributed by atoms with E-state index in [0.717, 1.165) is 4.90 Å². The molecule has 5 nitrogen and oxygen atoms in total. The van der Waals surface area contributed by atoms with Gasteiger partial charge in [-0.2, -0.15) is 0 Å². The van der Waals surface area contributed by atoms with Crippen molar-refractivity contribution in [3.8, 4) is 11.8 Å². The molecule has 1 heterocycles. The van der Waals surface area contributed by atoms with Crippen molar-refractivity contribution in [3.63, 3.8) is 0 Å². The lowest BCUT2D eigenvalue weighted by molar-refractivity contribution is -0.138. The number of aliphatic hydroxyl groups excluding tert-OH is 1. The molecular weight excluding hydrogens is 270 g/mol. The van der Waals surface area contributed by atoms with Crippen molar-refractivity contribution >= 4 is 29.1 Å². The van der Waals surface area contributed by atoms with Crippen LogP contribution in [0, 0.1) is 11.8 Å². The lowest BCUT2D eigenvalue weighted by Gasteiger charge is -2.26. The van der Waals surface area contributed by atoms with Gasteiger partial charge in [0.05, 0.1) is 5.69 Å². The van der Waals surface area contributed by atoms with Gasteiger partial charge in [0.2, 0.25) is 0 Å². The molecule has 0 saturated carbocycles. The quantitative estimate of drug-likeness (QED) is 0.603. The Morgan fingerprint density at radius 2 is 2.00 bits per heavy atom. The molecule has 6 heteroatoms. The van der Waals surface area contributed by atoms with Gasteiger partial charge in [-0.25, -0.2) is 4.90 Å². The molecule has 0 aliphatic carbocycles. The van der Waals surface area contributed by atoms with E-state index >= 15 is 0 Å². The van der Waals surface area contributed by atoms with Gasteiger partial charge in [-0.15, -0.1) is 0 Å². The van der Waals surface area contributed by atoms with E-state index in [2.05, 4.69) is 11.8 Å². The fourth-order valence-corrected chi connectivity index (χ4v) is 1.86. The highest BCUT2D eigenvalue weighted by Gasteiger charge is 2.29. The predicted molar refractivity (Wildman–Crippen MR) is 68.7 cm³/mol. The van der Waals surface area contributed by atoms with Gasteiger partial charge in [0.1, 0.15) is 19.8 Å². The molecule has 0 aromatic heterocycles. The summed E-state index contributed by atoms with van der Waals surface area (Å²) in [6, 6.07) is 4.68. The zero-order chi connectivity index (χ0) is 13.8. The number of imide groups is 1. The second-order valence-corrected chi connectivity index (χ2v) is 4.17.